The third-order valence-corrected chi connectivity index (χ3v) is 1.85. The molecule has 0 heteroatoms. The molecule has 0 heterocycles. The van der Waals surface area contributed by atoms with E-state index in [1.165, 1.54) is 38.5 Å². The van der Waals surface area contributed by atoms with Crippen LogP contribution in [0.5, 0.6) is 0 Å². The minimum Gasteiger partial charge on any atom is -0.133 e. The maximum Gasteiger partial charge on any atom is -0.0275 e. The Hall–Kier alpha value is -0.480. The third-order valence-electron chi connectivity index (χ3n) is 1.85. The van der Waals surface area contributed by atoms with Crippen molar-refractivity contribution in [1.82, 2.24) is 0 Å². The average molecular weight is 152 g/mol. The van der Waals surface area contributed by atoms with Crippen LogP contribution in [-0.2, 0) is 0 Å². The van der Waals surface area contributed by atoms with E-state index in [0.717, 1.165) is 6.42 Å². The maximum atomic E-state index is 3.53. The standard InChI is InChI=1S/C11H20/c1-3-5-7-9-11-10-8-6-4-2/h5H,1,4,6-11H2,2H3. The molecule has 0 radical (unpaired) electrons. The highest BCUT2D eigenvalue weighted by Gasteiger charge is 1.86. The molecule has 0 unspecified atom stereocenters. The monoisotopic (exact) mass is 152 g/mol. The summed E-state index contributed by atoms with van der Waals surface area (Å²) in [7, 11) is 0. The first-order valence-electron chi connectivity index (χ1n) is 4.76. The average Bonchev–Trinajstić information content (AvgIpc) is 2.03. The van der Waals surface area contributed by atoms with Crippen LogP contribution in [0.1, 0.15) is 51.9 Å². The van der Waals surface area contributed by atoms with Gasteiger partial charge in [-0.05, 0) is 18.9 Å². The van der Waals surface area contributed by atoms with E-state index in [-0.39, 0.29) is 0 Å². The van der Waals surface area contributed by atoms with Gasteiger partial charge in [-0.3, -0.25) is 0 Å². The lowest BCUT2D eigenvalue weighted by Gasteiger charge is -1.96. The molecule has 0 aromatic rings. The first-order chi connectivity index (χ1) is 5.41. The van der Waals surface area contributed by atoms with Crippen LogP contribution < -0.4 is 0 Å². The van der Waals surface area contributed by atoms with E-state index in [1.54, 1.807) is 0 Å². The van der Waals surface area contributed by atoms with Crippen LogP contribution in [0.4, 0.5) is 0 Å². The lowest BCUT2D eigenvalue weighted by Crippen LogP contribution is -1.76. The zero-order valence-corrected chi connectivity index (χ0v) is 7.73. The number of hydrogen-bond acceptors (Lipinski definition) is 0. The Morgan fingerprint density at radius 1 is 1.09 bits per heavy atom. The SMILES string of the molecule is C=C=CCCCCCCCC. The predicted octanol–water partition coefficient (Wildman–Crippen LogP) is 4.08. The summed E-state index contributed by atoms with van der Waals surface area (Å²) in [6, 6.07) is 0. The van der Waals surface area contributed by atoms with Gasteiger partial charge in [0.25, 0.3) is 0 Å². The van der Waals surface area contributed by atoms with Gasteiger partial charge in [0.1, 0.15) is 0 Å². The molecule has 0 atom stereocenters. The molecule has 0 bridgehead atoms. The smallest absolute Gasteiger partial charge is 0.0275 e. The molecule has 0 N–H and O–H groups in total. The molecule has 0 nitrogen and oxygen atoms in total. The molecule has 0 fully saturated rings. The van der Waals surface area contributed by atoms with Crippen LogP contribution in [0, 0.1) is 0 Å². The lowest BCUT2D eigenvalue weighted by molar-refractivity contribution is 0.611. The molecule has 0 spiro atoms. The van der Waals surface area contributed by atoms with Crippen molar-refractivity contribution < 1.29 is 0 Å². The molecule has 11 heavy (non-hydrogen) atoms. The molecular formula is C11H20. The van der Waals surface area contributed by atoms with Gasteiger partial charge >= 0.3 is 0 Å². The van der Waals surface area contributed by atoms with Gasteiger partial charge < -0.3 is 0 Å². The van der Waals surface area contributed by atoms with Gasteiger partial charge in [0, 0.05) is 0 Å². The van der Waals surface area contributed by atoms with Crippen molar-refractivity contribution in [3.05, 3.63) is 18.4 Å². The van der Waals surface area contributed by atoms with Crippen molar-refractivity contribution in [3.63, 3.8) is 0 Å². The van der Waals surface area contributed by atoms with E-state index < -0.39 is 0 Å². The zero-order valence-electron chi connectivity index (χ0n) is 7.73. The fraction of sp³-hybridized carbons (Fsp3) is 0.727. The Morgan fingerprint density at radius 2 is 1.73 bits per heavy atom. The Bertz CT molecular complexity index is 107. The minimum atomic E-state index is 1.16. The second-order valence-corrected chi connectivity index (χ2v) is 2.96. The molecule has 0 aliphatic heterocycles. The fourth-order valence-corrected chi connectivity index (χ4v) is 1.13. The minimum absolute atomic E-state index is 1.16. The topological polar surface area (TPSA) is 0 Å². The van der Waals surface area contributed by atoms with E-state index >= 15 is 0 Å². The highest BCUT2D eigenvalue weighted by atomic mass is 13.9. The normalized spacial score (nSPS) is 9.18. The quantitative estimate of drug-likeness (QED) is 0.381. The van der Waals surface area contributed by atoms with Crippen LogP contribution in [0.2, 0.25) is 0 Å². The van der Waals surface area contributed by atoms with E-state index in [2.05, 4.69) is 19.2 Å². The van der Waals surface area contributed by atoms with E-state index in [1.807, 2.05) is 6.08 Å². The van der Waals surface area contributed by atoms with Crippen molar-refractivity contribution in [3.8, 4) is 0 Å². The van der Waals surface area contributed by atoms with Gasteiger partial charge in [0.15, 0.2) is 0 Å². The van der Waals surface area contributed by atoms with E-state index in [4.69, 9.17) is 0 Å². The Kier molecular flexibility index (Phi) is 9.10. The highest BCUT2D eigenvalue weighted by Crippen LogP contribution is 2.06. The van der Waals surface area contributed by atoms with Crippen LogP contribution in [0.25, 0.3) is 0 Å². The van der Waals surface area contributed by atoms with Crippen molar-refractivity contribution in [1.29, 1.82) is 0 Å². The highest BCUT2D eigenvalue weighted by molar-refractivity contribution is 4.74. The largest absolute Gasteiger partial charge is 0.133 e. The lowest BCUT2D eigenvalue weighted by atomic mass is 10.1. The number of unbranched alkanes of at least 4 members (excludes halogenated alkanes) is 6. The molecule has 0 aromatic carbocycles. The molecule has 0 aliphatic carbocycles. The second kappa shape index (κ2) is 9.52. The van der Waals surface area contributed by atoms with Crippen molar-refractivity contribution >= 4 is 0 Å². The summed E-state index contributed by atoms with van der Waals surface area (Å²) in [6.45, 7) is 5.78. The molecule has 0 aliphatic rings. The summed E-state index contributed by atoms with van der Waals surface area (Å²) in [4.78, 5) is 0. The van der Waals surface area contributed by atoms with Crippen LogP contribution in [0.3, 0.4) is 0 Å². The summed E-state index contributed by atoms with van der Waals surface area (Å²) in [5, 5.41) is 0. The van der Waals surface area contributed by atoms with Gasteiger partial charge in [-0.15, -0.1) is 5.73 Å². The third kappa shape index (κ3) is 9.52. The summed E-state index contributed by atoms with van der Waals surface area (Å²) >= 11 is 0. The summed E-state index contributed by atoms with van der Waals surface area (Å²) < 4.78 is 0. The number of hydrogen-bond donors (Lipinski definition) is 0. The predicted molar refractivity (Wildman–Crippen MR) is 51.7 cm³/mol. The molecular weight excluding hydrogens is 132 g/mol. The van der Waals surface area contributed by atoms with Crippen LogP contribution in [-0.4, -0.2) is 0 Å². The van der Waals surface area contributed by atoms with Gasteiger partial charge in [-0.2, -0.15) is 0 Å². The zero-order chi connectivity index (χ0) is 8.36. The van der Waals surface area contributed by atoms with E-state index in [0.29, 0.717) is 0 Å². The molecule has 0 aromatic heterocycles. The molecule has 0 saturated carbocycles. The molecule has 0 saturated heterocycles. The number of rotatable bonds is 7. The van der Waals surface area contributed by atoms with E-state index in [9.17, 15) is 0 Å². The molecule has 64 valence electrons. The maximum absolute atomic E-state index is 3.53. The van der Waals surface area contributed by atoms with Crippen molar-refractivity contribution in [2.75, 3.05) is 0 Å². The van der Waals surface area contributed by atoms with Gasteiger partial charge in [-0.1, -0.05) is 45.6 Å². The Labute approximate surface area is 71.0 Å². The van der Waals surface area contributed by atoms with Gasteiger partial charge in [0.05, 0.1) is 0 Å². The summed E-state index contributed by atoms with van der Waals surface area (Å²) in [6.07, 6.45) is 11.4. The fourth-order valence-electron chi connectivity index (χ4n) is 1.13. The Balaban J connectivity index is 2.84. The summed E-state index contributed by atoms with van der Waals surface area (Å²) in [5.74, 6) is 0. The van der Waals surface area contributed by atoms with Crippen molar-refractivity contribution in [2.24, 2.45) is 0 Å². The molecule has 0 rings (SSSR count). The van der Waals surface area contributed by atoms with Crippen molar-refractivity contribution in [2.45, 2.75) is 51.9 Å². The first-order valence-corrected chi connectivity index (χ1v) is 4.76. The van der Waals surface area contributed by atoms with Gasteiger partial charge in [-0.25, -0.2) is 0 Å². The first kappa shape index (κ1) is 10.5. The molecule has 0 amide bonds. The second-order valence-electron chi connectivity index (χ2n) is 2.96. The van der Waals surface area contributed by atoms with Crippen LogP contribution in [0.15, 0.2) is 18.4 Å². The number of allylic oxidation sites excluding steroid dienone is 1. The van der Waals surface area contributed by atoms with Gasteiger partial charge in [0.2, 0.25) is 0 Å². The van der Waals surface area contributed by atoms with Crippen LogP contribution >= 0.6 is 0 Å². The Morgan fingerprint density at radius 3 is 2.36 bits per heavy atom. The summed E-state index contributed by atoms with van der Waals surface area (Å²) in [5.41, 5.74) is 2.79.